The molecule has 2 atom stereocenters. The SMILES string of the molecule is C[C@H]1C[C@@H]1c1ccc(/C=N\NC(=O)COc2ccccc2[N+](=O)[O-])o1. The van der Waals surface area contributed by atoms with Gasteiger partial charge in [0, 0.05) is 12.0 Å². The number of carbonyl (C=O) groups is 1. The molecule has 8 heteroatoms. The van der Waals surface area contributed by atoms with Gasteiger partial charge in [-0.25, -0.2) is 5.43 Å². The number of furan rings is 1. The summed E-state index contributed by atoms with van der Waals surface area (Å²) in [5, 5.41) is 14.7. The van der Waals surface area contributed by atoms with Crippen LogP contribution in [0.5, 0.6) is 5.75 Å². The van der Waals surface area contributed by atoms with Gasteiger partial charge in [0.1, 0.15) is 11.5 Å². The first-order valence-corrected chi connectivity index (χ1v) is 7.82. The van der Waals surface area contributed by atoms with Crippen molar-refractivity contribution in [1.29, 1.82) is 0 Å². The van der Waals surface area contributed by atoms with Crippen molar-refractivity contribution in [2.45, 2.75) is 19.3 Å². The van der Waals surface area contributed by atoms with E-state index in [1.54, 1.807) is 12.1 Å². The van der Waals surface area contributed by atoms with Crippen LogP contribution in [0, 0.1) is 16.0 Å². The Balaban J connectivity index is 1.48. The summed E-state index contributed by atoms with van der Waals surface area (Å²) in [7, 11) is 0. The molecule has 1 aromatic carbocycles. The summed E-state index contributed by atoms with van der Waals surface area (Å²) >= 11 is 0. The van der Waals surface area contributed by atoms with Crippen LogP contribution in [0.25, 0.3) is 0 Å². The largest absolute Gasteiger partial charge is 0.477 e. The van der Waals surface area contributed by atoms with E-state index in [4.69, 9.17) is 9.15 Å². The van der Waals surface area contributed by atoms with Crippen LogP contribution in [0.15, 0.2) is 45.9 Å². The summed E-state index contributed by atoms with van der Waals surface area (Å²) in [5.74, 6) is 2.11. The fraction of sp³-hybridized carbons (Fsp3) is 0.294. The van der Waals surface area contributed by atoms with E-state index in [9.17, 15) is 14.9 Å². The minimum atomic E-state index is -0.569. The molecule has 2 aromatic rings. The summed E-state index contributed by atoms with van der Waals surface area (Å²) in [6.45, 7) is 1.78. The lowest BCUT2D eigenvalue weighted by Crippen LogP contribution is -2.24. The second-order valence-electron chi connectivity index (χ2n) is 5.87. The van der Waals surface area contributed by atoms with Gasteiger partial charge < -0.3 is 9.15 Å². The number of ether oxygens (including phenoxy) is 1. The van der Waals surface area contributed by atoms with Crippen molar-refractivity contribution in [3.05, 3.63) is 58.0 Å². The molecule has 1 heterocycles. The molecule has 1 saturated carbocycles. The molecule has 1 amide bonds. The topological polar surface area (TPSA) is 107 Å². The van der Waals surface area contributed by atoms with Gasteiger partial charge >= 0.3 is 5.69 Å². The van der Waals surface area contributed by atoms with Gasteiger partial charge in [0.2, 0.25) is 0 Å². The maximum Gasteiger partial charge on any atom is 0.310 e. The molecular formula is C17H17N3O5. The standard InChI is InChI=1S/C17H17N3O5/c1-11-8-13(11)15-7-6-12(25-15)9-18-19-17(21)10-24-16-5-3-2-4-14(16)20(22)23/h2-7,9,11,13H,8,10H2,1H3,(H,19,21)/b18-9-/t11-,13-/m0/s1. The highest BCUT2D eigenvalue weighted by molar-refractivity contribution is 5.81. The Kier molecular flexibility index (Phi) is 4.78. The number of nitrogens with zero attached hydrogens (tertiary/aromatic N) is 2. The Morgan fingerprint density at radius 1 is 1.44 bits per heavy atom. The minimum absolute atomic E-state index is 0.0286. The zero-order valence-corrected chi connectivity index (χ0v) is 13.5. The van der Waals surface area contributed by atoms with Gasteiger partial charge in [-0.2, -0.15) is 5.10 Å². The Morgan fingerprint density at radius 2 is 2.20 bits per heavy atom. The van der Waals surface area contributed by atoms with Crippen LogP contribution in [0.1, 0.15) is 30.8 Å². The van der Waals surface area contributed by atoms with Crippen LogP contribution in [0.3, 0.4) is 0 Å². The lowest BCUT2D eigenvalue weighted by atomic mass is 10.3. The molecule has 8 nitrogen and oxygen atoms in total. The van der Waals surface area contributed by atoms with Gasteiger partial charge in [0.15, 0.2) is 12.4 Å². The van der Waals surface area contributed by atoms with E-state index in [0.29, 0.717) is 17.6 Å². The van der Waals surface area contributed by atoms with E-state index < -0.39 is 10.8 Å². The van der Waals surface area contributed by atoms with Crippen molar-refractivity contribution in [3.8, 4) is 5.75 Å². The number of hydrogen-bond donors (Lipinski definition) is 1. The van der Waals surface area contributed by atoms with Crippen LogP contribution in [-0.2, 0) is 4.79 Å². The van der Waals surface area contributed by atoms with Gasteiger partial charge in [-0.05, 0) is 30.5 Å². The zero-order chi connectivity index (χ0) is 17.8. The number of nitrogens with one attached hydrogen (secondary N) is 1. The van der Waals surface area contributed by atoms with Gasteiger partial charge in [0.05, 0.1) is 11.1 Å². The van der Waals surface area contributed by atoms with Crippen LogP contribution < -0.4 is 10.2 Å². The van der Waals surface area contributed by atoms with Gasteiger partial charge in [0.25, 0.3) is 5.91 Å². The van der Waals surface area contributed by atoms with Crippen molar-refractivity contribution in [1.82, 2.24) is 5.43 Å². The molecule has 0 spiro atoms. The lowest BCUT2D eigenvalue weighted by Gasteiger charge is -2.05. The second kappa shape index (κ2) is 7.16. The van der Waals surface area contributed by atoms with Crippen molar-refractivity contribution < 1.29 is 18.9 Å². The van der Waals surface area contributed by atoms with E-state index >= 15 is 0 Å². The predicted molar refractivity (Wildman–Crippen MR) is 89.6 cm³/mol. The number of amides is 1. The van der Waals surface area contributed by atoms with Gasteiger partial charge in [-0.1, -0.05) is 19.1 Å². The highest BCUT2D eigenvalue weighted by atomic mass is 16.6. The molecule has 25 heavy (non-hydrogen) atoms. The summed E-state index contributed by atoms with van der Waals surface area (Å²) in [6.07, 6.45) is 2.53. The fourth-order valence-electron chi connectivity index (χ4n) is 2.43. The smallest absolute Gasteiger partial charge is 0.310 e. The number of benzene rings is 1. The van der Waals surface area contributed by atoms with Crippen molar-refractivity contribution in [2.24, 2.45) is 11.0 Å². The third-order valence-corrected chi connectivity index (χ3v) is 3.92. The molecule has 1 fully saturated rings. The molecule has 130 valence electrons. The maximum absolute atomic E-state index is 11.7. The highest BCUT2D eigenvalue weighted by Gasteiger charge is 2.36. The quantitative estimate of drug-likeness (QED) is 0.472. The molecule has 0 unspecified atom stereocenters. The van der Waals surface area contributed by atoms with Crippen LogP contribution in [0.2, 0.25) is 0 Å². The summed E-state index contributed by atoms with van der Waals surface area (Å²) in [5.41, 5.74) is 2.09. The van der Waals surface area contributed by atoms with Crippen LogP contribution in [0.4, 0.5) is 5.69 Å². The first-order valence-electron chi connectivity index (χ1n) is 7.82. The maximum atomic E-state index is 11.7. The Bertz CT molecular complexity index is 814. The fourth-order valence-corrected chi connectivity index (χ4v) is 2.43. The average molecular weight is 343 g/mol. The number of rotatable bonds is 7. The van der Waals surface area contributed by atoms with Crippen molar-refractivity contribution in [3.63, 3.8) is 0 Å². The monoisotopic (exact) mass is 343 g/mol. The molecule has 1 N–H and O–H groups in total. The van der Waals surface area contributed by atoms with Crippen LogP contribution in [-0.4, -0.2) is 23.7 Å². The lowest BCUT2D eigenvalue weighted by molar-refractivity contribution is -0.385. The summed E-state index contributed by atoms with van der Waals surface area (Å²) in [4.78, 5) is 22.0. The van der Waals surface area contributed by atoms with E-state index in [1.165, 1.54) is 24.4 Å². The molecule has 0 bridgehead atoms. The van der Waals surface area contributed by atoms with E-state index in [1.807, 2.05) is 6.07 Å². The average Bonchev–Trinajstić information content (AvgIpc) is 3.14. The molecule has 0 saturated heterocycles. The second-order valence-corrected chi connectivity index (χ2v) is 5.87. The number of hydrazone groups is 1. The Morgan fingerprint density at radius 3 is 2.92 bits per heavy atom. The summed E-state index contributed by atoms with van der Waals surface area (Å²) < 4.78 is 10.8. The van der Waals surface area contributed by atoms with Gasteiger partial charge in [-0.15, -0.1) is 0 Å². The van der Waals surface area contributed by atoms with E-state index in [0.717, 1.165) is 12.2 Å². The normalized spacial score (nSPS) is 18.9. The third kappa shape index (κ3) is 4.23. The molecule has 0 aliphatic heterocycles. The summed E-state index contributed by atoms with van der Waals surface area (Å²) in [6, 6.07) is 9.55. The first kappa shape index (κ1) is 16.7. The molecule has 1 aliphatic carbocycles. The highest BCUT2D eigenvalue weighted by Crippen LogP contribution is 2.47. The predicted octanol–water partition coefficient (Wildman–Crippen LogP) is 2.84. The molecule has 1 aliphatic rings. The first-order chi connectivity index (χ1) is 12.0. The van der Waals surface area contributed by atoms with E-state index in [-0.39, 0.29) is 18.0 Å². The van der Waals surface area contributed by atoms with Crippen molar-refractivity contribution >= 4 is 17.8 Å². The van der Waals surface area contributed by atoms with Gasteiger partial charge in [-0.3, -0.25) is 14.9 Å². The molecule has 1 aromatic heterocycles. The number of nitro groups is 1. The van der Waals surface area contributed by atoms with Crippen LogP contribution >= 0.6 is 0 Å². The molecule has 0 radical (unpaired) electrons. The minimum Gasteiger partial charge on any atom is -0.477 e. The zero-order valence-electron chi connectivity index (χ0n) is 13.5. The number of para-hydroxylation sites is 2. The Labute approximate surface area is 143 Å². The third-order valence-electron chi connectivity index (χ3n) is 3.92. The van der Waals surface area contributed by atoms with Crippen molar-refractivity contribution in [2.75, 3.05) is 6.61 Å². The van der Waals surface area contributed by atoms with E-state index in [2.05, 4.69) is 17.5 Å². The number of hydrogen-bond acceptors (Lipinski definition) is 6. The number of nitro benzene ring substituents is 1. The molecular weight excluding hydrogens is 326 g/mol. The Hall–Kier alpha value is -3.16. The number of carbonyl (C=O) groups excluding carboxylic acids is 1. The molecule has 3 rings (SSSR count).